The zero-order valence-electron chi connectivity index (χ0n) is 10.2. The van der Waals surface area contributed by atoms with E-state index in [1.807, 2.05) is 0 Å². The van der Waals surface area contributed by atoms with Crippen LogP contribution < -0.4 is 10.6 Å². The Labute approximate surface area is 101 Å². The second-order valence-corrected chi connectivity index (χ2v) is 4.34. The highest BCUT2D eigenvalue weighted by atomic mass is 16.4. The fourth-order valence-corrected chi connectivity index (χ4v) is 2.01. The predicted octanol–water partition coefficient (Wildman–Crippen LogP) is 0.245. The van der Waals surface area contributed by atoms with Crippen LogP contribution in [0.25, 0.3) is 0 Å². The highest BCUT2D eigenvalue weighted by molar-refractivity contribution is 5.79. The Morgan fingerprint density at radius 3 is 2.53 bits per heavy atom. The van der Waals surface area contributed by atoms with Gasteiger partial charge in [0, 0.05) is 19.1 Å². The van der Waals surface area contributed by atoms with E-state index >= 15 is 0 Å². The molecule has 0 atom stereocenters. The van der Waals surface area contributed by atoms with Crippen LogP contribution in [0.15, 0.2) is 0 Å². The maximum absolute atomic E-state index is 11.3. The first-order chi connectivity index (χ1) is 8.11. The summed E-state index contributed by atoms with van der Waals surface area (Å²) >= 11 is 0. The van der Waals surface area contributed by atoms with Gasteiger partial charge in [0.1, 0.15) is 6.54 Å². The lowest BCUT2D eigenvalue weighted by Crippen LogP contribution is -2.48. The highest BCUT2D eigenvalue weighted by Gasteiger charge is 2.19. The third-order valence-corrected chi connectivity index (χ3v) is 2.86. The Bertz CT molecular complexity index is 263. The average molecular weight is 243 g/mol. The number of aliphatic carboxylic acids is 1. The first-order valence-corrected chi connectivity index (χ1v) is 6.10. The molecule has 0 radical (unpaired) electrons. The molecule has 0 spiro atoms. The van der Waals surface area contributed by atoms with Crippen molar-refractivity contribution in [1.29, 1.82) is 0 Å². The van der Waals surface area contributed by atoms with Gasteiger partial charge in [-0.15, -0.1) is 0 Å². The number of nitrogens with one attached hydrogen (secondary N) is 2. The van der Waals surface area contributed by atoms with Crippen molar-refractivity contribution >= 4 is 12.0 Å². The molecule has 6 heteroatoms. The number of nitrogens with zero attached hydrogens (tertiary/aromatic N) is 1. The molecule has 1 saturated heterocycles. The van der Waals surface area contributed by atoms with Gasteiger partial charge in [0.15, 0.2) is 0 Å². The minimum Gasteiger partial charge on any atom is -0.480 e. The van der Waals surface area contributed by atoms with Crippen LogP contribution in [0.1, 0.15) is 26.2 Å². The van der Waals surface area contributed by atoms with Gasteiger partial charge in [0.2, 0.25) is 0 Å². The molecule has 0 saturated carbocycles. The smallest absolute Gasteiger partial charge is 0.323 e. The van der Waals surface area contributed by atoms with E-state index in [9.17, 15) is 9.59 Å². The zero-order valence-corrected chi connectivity index (χ0v) is 10.2. The van der Waals surface area contributed by atoms with E-state index in [0.29, 0.717) is 0 Å². The molecule has 0 aromatic heterocycles. The van der Waals surface area contributed by atoms with Crippen LogP contribution in [0.4, 0.5) is 4.79 Å². The van der Waals surface area contributed by atoms with Crippen molar-refractivity contribution in [1.82, 2.24) is 15.5 Å². The first-order valence-electron chi connectivity index (χ1n) is 6.10. The summed E-state index contributed by atoms with van der Waals surface area (Å²) in [6.07, 6.45) is 3.01. The normalized spacial score (nSPS) is 17.7. The summed E-state index contributed by atoms with van der Waals surface area (Å²) < 4.78 is 0. The SMILES string of the molecule is CCCN1CCC(NC(=O)NCC(=O)O)CC1. The molecule has 98 valence electrons. The third-order valence-electron chi connectivity index (χ3n) is 2.86. The molecule has 0 aromatic rings. The van der Waals surface area contributed by atoms with Crippen LogP contribution in [-0.2, 0) is 4.79 Å². The van der Waals surface area contributed by atoms with Gasteiger partial charge in [-0.3, -0.25) is 4.79 Å². The number of carbonyl (C=O) groups is 2. The van der Waals surface area contributed by atoms with E-state index in [2.05, 4.69) is 22.5 Å². The van der Waals surface area contributed by atoms with Gasteiger partial charge in [0.05, 0.1) is 0 Å². The van der Waals surface area contributed by atoms with Crippen molar-refractivity contribution in [2.45, 2.75) is 32.2 Å². The van der Waals surface area contributed by atoms with Gasteiger partial charge < -0.3 is 20.6 Å². The molecule has 0 unspecified atom stereocenters. The summed E-state index contributed by atoms with van der Waals surface area (Å²) in [5, 5.41) is 13.5. The molecular formula is C11H21N3O3. The summed E-state index contributed by atoms with van der Waals surface area (Å²) in [7, 11) is 0. The Kier molecular flexibility index (Phi) is 5.76. The maximum atomic E-state index is 11.3. The number of urea groups is 1. The number of hydrogen-bond acceptors (Lipinski definition) is 3. The Balaban J connectivity index is 2.17. The Hall–Kier alpha value is -1.30. The van der Waals surface area contributed by atoms with Gasteiger partial charge in [-0.05, 0) is 25.8 Å². The van der Waals surface area contributed by atoms with Crippen molar-refractivity contribution in [3.8, 4) is 0 Å². The minimum atomic E-state index is -1.03. The Morgan fingerprint density at radius 2 is 2.00 bits per heavy atom. The third kappa shape index (κ3) is 5.53. The van der Waals surface area contributed by atoms with Gasteiger partial charge in [-0.25, -0.2) is 4.79 Å². The van der Waals surface area contributed by atoms with Crippen LogP contribution in [0.5, 0.6) is 0 Å². The Morgan fingerprint density at radius 1 is 1.35 bits per heavy atom. The van der Waals surface area contributed by atoms with Crippen molar-refractivity contribution in [2.24, 2.45) is 0 Å². The van der Waals surface area contributed by atoms with Gasteiger partial charge in [0.25, 0.3) is 0 Å². The first kappa shape index (κ1) is 13.8. The van der Waals surface area contributed by atoms with E-state index in [1.54, 1.807) is 0 Å². The largest absolute Gasteiger partial charge is 0.480 e. The van der Waals surface area contributed by atoms with Crippen LogP contribution in [-0.4, -0.2) is 54.2 Å². The summed E-state index contributed by atoms with van der Waals surface area (Å²) in [5.41, 5.74) is 0. The molecule has 17 heavy (non-hydrogen) atoms. The van der Waals surface area contributed by atoms with E-state index in [0.717, 1.165) is 38.9 Å². The van der Waals surface area contributed by atoms with Crippen LogP contribution in [0.2, 0.25) is 0 Å². The zero-order chi connectivity index (χ0) is 12.7. The monoisotopic (exact) mass is 243 g/mol. The molecule has 0 aliphatic carbocycles. The van der Waals surface area contributed by atoms with E-state index in [4.69, 9.17) is 5.11 Å². The lowest BCUT2D eigenvalue weighted by atomic mass is 10.1. The summed E-state index contributed by atoms with van der Waals surface area (Å²) in [5.74, 6) is -1.03. The lowest BCUT2D eigenvalue weighted by Gasteiger charge is -2.31. The summed E-state index contributed by atoms with van der Waals surface area (Å²) in [4.78, 5) is 24.0. The number of carboxylic acid groups (broad SMARTS) is 1. The number of likely N-dealkylation sites (tertiary alicyclic amines) is 1. The number of piperidine rings is 1. The summed E-state index contributed by atoms with van der Waals surface area (Å²) in [6.45, 7) is 4.93. The number of rotatable bonds is 5. The van der Waals surface area contributed by atoms with Crippen molar-refractivity contribution in [2.75, 3.05) is 26.2 Å². The molecule has 1 heterocycles. The van der Waals surface area contributed by atoms with Crippen molar-refractivity contribution in [3.63, 3.8) is 0 Å². The molecule has 1 aliphatic rings. The molecule has 0 aromatic carbocycles. The second-order valence-electron chi connectivity index (χ2n) is 4.34. The predicted molar refractivity (Wildman–Crippen MR) is 63.9 cm³/mol. The van der Waals surface area contributed by atoms with Crippen LogP contribution in [0, 0.1) is 0 Å². The fourth-order valence-electron chi connectivity index (χ4n) is 2.01. The van der Waals surface area contributed by atoms with Crippen molar-refractivity contribution in [3.05, 3.63) is 0 Å². The standard InChI is InChI=1S/C11H21N3O3/c1-2-5-14-6-3-9(4-7-14)13-11(17)12-8-10(15)16/h9H,2-8H2,1H3,(H,15,16)(H2,12,13,17). The van der Waals surface area contributed by atoms with Gasteiger partial charge >= 0.3 is 12.0 Å². The molecule has 3 N–H and O–H groups in total. The number of hydrogen-bond donors (Lipinski definition) is 3. The highest BCUT2D eigenvalue weighted by Crippen LogP contribution is 2.10. The molecule has 1 rings (SSSR count). The fraction of sp³-hybridized carbons (Fsp3) is 0.818. The molecule has 2 amide bonds. The molecular weight excluding hydrogens is 222 g/mol. The lowest BCUT2D eigenvalue weighted by molar-refractivity contribution is -0.135. The van der Waals surface area contributed by atoms with E-state index < -0.39 is 5.97 Å². The number of amides is 2. The minimum absolute atomic E-state index is 0.164. The van der Waals surface area contributed by atoms with Crippen molar-refractivity contribution < 1.29 is 14.7 Å². The van der Waals surface area contributed by atoms with Crippen LogP contribution >= 0.6 is 0 Å². The number of carboxylic acids is 1. The second kappa shape index (κ2) is 7.11. The van der Waals surface area contributed by atoms with E-state index in [1.165, 1.54) is 0 Å². The molecule has 1 aliphatic heterocycles. The average Bonchev–Trinajstić information content (AvgIpc) is 2.29. The van der Waals surface area contributed by atoms with E-state index in [-0.39, 0.29) is 18.6 Å². The summed E-state index contributed by atoms with van der Waals surface area (Å²) in [6, 6.07) is -0.224. The quantitative estimate of drug-likeness (QED) is 0.646. The molecule has 1 fully saturated rings. The number of carbonyl (C=O) groups excluding carboxylic acids is 1. The van der Waals surface area contributed by atoms with Crippen LogP contribution in [0.3, 0.4) is 0 Å². The maximum Gasteiger partial charge on any atom is 0.323 e. The van der Waals surface area contributed by atoms with Gasteiger partial charge in [-0.1, -0.05) is 6.92 Å². The topological polar surface area (TPSA) is 81.7 Å². The molecule has 6 nitrogen and oxygen atoms in total. The molecule has 0 bridgehead atoms. The van der Waals surface area contributed by atoms with Gasteiger partial charge in [-0.2, -0.15) is 0 Å².